The van der Waals surface area contributed by atoms with Gasteiger partial charge in [0.05, 0.1) is 27.7 Å². The summed E-state index contributed by atoms with van der Waals surface area (Å²) in [6.07, 6.45) is 0. The van der Waals surface area contributed by atoms with Gasteiger partial charge < -0.3 is 5.21 Å². The quantitative estimate of drug-likeness (QED) is 0.293. The lowest BCUT2D eigenvalue weighted by Crippen LogP contribution is -2.16. The Balaban J connectivity index is 1.82. The van der Waals surface area contributed by atoms with Crippen LogP contribution in [0.25, 0.3) is 5.69 Å². The highest BCUT2D eigenvalue weighted by molar-refractivity contribution is 6.47. The Labute approximate surface area is 160 Å². The van der Waals surface area contributed by atoms with Gasteiger partial charge in [-0.3, -0.25) is 15.5 Å². The molecule has 10 heteroatoms. The van der Waals surface area contributed by atoms with Gasteiger partial charge in [-0.25, -0.2) is 0 Å². The number of anilines is 1. The van der Waals surface area contributed by atoms with Crippen molar-refractivity contribution in [2.24, 2.45) is 10.3 Å². The second kappa shape index (κ2) is 8.08. The molecule has 0 saturated carbocycles. The van der Waals surface area contributed by atoms with Crippen LogP contribution in [0.5, 0.6) is 0 Å². The van der Waals surface area contributed by atoms with Crippen LogP contribution in [0.2, 0.25) is 0 Å². The maximum Gasteiger partial charge on any atom is 0.269 e. The molecular weight excluding hydrogens is 362 g/mol. The maximum absolute atomic E-state index is 10.7. The molecule has 0 aliphatic heterocycles. The summed E-state index contributed by atoms with van der Waals surface area (Å²) in [6.45, 7) is 3.40. The summed E-state index contributed by atoms with van der Waals surface area (Å²) >= 11 is 0. The first-order valence-corrected chi connectivity index (χ1v) is 8.26. The molecule has 1 heterocycles. The molecule has 10 nitrogen and oxygen atoms in total. The largest absolute Gasteiger partial charge is 0.410 e. The van der Waals surface area contributed by atoms with E-state index < -0.39 is 4.92 Å². The number of benzene rings is 2. The van der Waals surface area contributed by atoms with E-state index in [0.717, 1.165) is 5.69 Å². The number of nitro benzene ring substituents is 1. The van der Waals surface area contributed by atoms with E-state index in [-0.39, 0.29) is 11.4 Å². The zero-order valence-electron chi connectivity index (χ0n) is 15.1. The third-order valence-electron chi connectivity index (χ3n) is 3.87. The minimum absolute atomic E-state index is 0.0167. The number of nitrogens with zero attached hydrogens (tertiary/aromatic N) is 6. The van der Waals surface area contributed by atoms with E-state index in [4.69, 9.17) is 0 Å². The SMILES string of the molecule is CC(=N\Nc1ccc([N+](=O)[O-])cc1)/C(=N\O)c1nn(-c2ccccc2)nc1C. The van der Waals surface area contributed by atoms with Gasteiger partial charge in [-0.2, -0.15) is 15.0 Å². The molecule has 0 spiro atoms. The fourth-order valence-electron chi connectivity index (χ4n) is 2.42. The third kappa shape index (κ3) is 4.01. The van der Waals surface area contributed by atoms with Crippen LogP contribution in [-0.2, 0) is 0 Å². The number of nitro groups is 1. The van der Waals surface area contributed by atoms with E-state index in [0.29, 0.717) is 22.8 Å². The molecule has 28 heavy (non-hydrogen) atoms. The summed E-state index contributed by atoms with van der Waals surface area (Å²) in [5.74, 6) is 0. The lowest BCUT2D eigenvalue weighted by molar-refractivity contribution is -0.384. The molecule has 2 N–H and O–H groups in total. The Morgan fingerprint density at radius 2 is 1.82 bits per heavy atom. The normalized spacial score (nSPS) is 12.1. The highest BCUT2D eigenvalue weighted by atomic mass is 16.6. The topological polar surface area (TPSA) is 131 Å². The lowest BCUT2D eigenvalue weighted by Gasteiger charge is -2.04. The van der Waals surface area contributed by atoms with Crippen molar-refractivity contribution in [3.05, 3.63) is 76.1 Å². The number of aryl methyl sites for hydroxylation is 1. The van der Waals surface area contributed by atoms with Crippen molar-refractivity contribution in [3.8, 4) is 5.69 Å². The van der Waals surface area contributed by atoms with Gasteiger partial charge in [-0.15, -0.1) is 5.10 Å². The van der Waals surface area contributed by atoms with Crippen LogP contribution < -0.4 is 5.43 Å². The van der Waals surface area contributed by atoms with E-state index in [1.807, 2.05) is 30.3 Å². The van der Waals surface area contributed by atoms with E-state index in [1.165, 1.54) is 29.1 Å². The van der Waals surface area contributed by atoms with E-state index >= 15 is 0 Å². The van der Waals surface area contributed by atoms with Crippen molar-refractivity contribution in [2.45, 2.75) is 13.8 Å². The van der Waals surface area contributed by atoms with Crippen LogP contribution >= 0.6 is 0 Å². The van der Waals surface area contributed by atoms with Crippen LogP contribution in [-0.4, -0.2) is 36.5 Å². The molecule has 0 bridgehead atoms. The highest BCUT2D eigenvalue weighted by Crippen LogP contribution is 2.16. The fraction of sp³-hybridized carbons (Fsp3) is 0.111. The number of aromatic nitrogens is 3. The third-order valence-corrected chi connectivity index (χ3v) is 3.87. The van der Waals surface area contributed by atoms with Crippen molar-refractivity contribution in [3.63, 3.8) is 0 Å². The minimum Gasteiger partial charge on any atom is -0.410 e. The predicted molar refractivity (Wildman–Crippen MR) is 104 cm³/mol. The van der Waals surface area contributed by atoms with Crippen molar-refractivity contribution >= 4 is 22.8 Å². The molecule has 2 aromatic carbocycles. The molecular formula is C18H17N7O3. The molecule has 0 aliphatic rings. The second-order valence-electron chi connectivity index (χ2n) is 5.82. The molecule has 1 aromatic heterocycles. The number of nitrogens with one attached hydrogen (secondary N) is 1. The van der Waals surface area contributed by atoms with Gasteiger partial charge in [-0.05, 0) is 38.1 Å². The summed E-state index contributed by atoms with van der Waals surface area (Å²) in [6, 6.07) is 15.1. The van der Waals surface area contributed by atoms with Crippen molar-refractivity contribution in [2.75, 3.05) is 5.43 Å². The van der Waals surface area contributed by atoms with Gasteiger partial charge in [-0.1, -0.05) is 23.4 Å². The number of rotatable bonds is 6. The smallest absolute Gasteiger partial charge is 0.269 e. The molecule has 0 radical (unpaired) electrons. The lowest BCUT2D eigenvalue weighted by atomic mass is 10.1. The first-order valence-electron chi connectivity index (χ1n) is 8.26. The number of oxime groups is 1. The van der Waals surface area contributed by atoms with Crippen LogP contribution in [0.4, 0.5) is 11.4 Å². The Hall–Kier alpha value is -4.08. The summed E-state index contributed by atoms with van der Waals surface area (Å²) in [4.78, 5) is 11.7. The Bertz CT molecular complexity index is 1040. The van der Waals surface area contributed by atoms with E-state index in [2.05, 4.69) is 25.9 Å². The first-order chi connectivity index (χ1) is 13.5. The zero-order chi connectivity index (χ0) is 20.1. The Morgan fingerprint density at radius 3 is 2.43 bits per heavy atom. The van der Waals surface area contributed by atoms with Crippen molar-refractivity contribution in [1.82, 2.24) is 15.0 Å². The Kier molecular flexibility index (Phi) is 5.40. The summed E-state index contributed by atoms with van der Waals surface area (Å²) in [5, 5.41) is 36.4. The number of hydrazone groups is 1. The highest BCUT2D eigenvalue weighted by Gasteiger charge is 2.18. The summed E-state index contributed by atoms with van der Waals surface area (Å²) < 4.78 is 0. The molecule has 0 amide bonds. The zero-order valence-corrected chi connectivity index (χ0v) is 15.1. The van der Waals surface area contributed by atoms with Crippen LogP contribution in [0.1, 0.15) is 18.3 Å². The average Bonchev–Trinajstić information content (AvgIpc) is 3.09. The maximum atomic E-state index is 10.7. The van der Waals surface area contributed by atoms with Gasteiger partial charge >= 0.3 is 0 Å². The molecule has 0 fully saturated rings. The van der Waals surface area contributed by atoms with E-state index in [1.54, 1.807) is 13.8 Å². The van der Waals surface area contributed by atoms with Gasteiger partial charge in [0.2, 0.25) is 0 Å². The van der Waals surface area contributed by atoms with Gasteiger partial charge in [0.15, 0.2) is 5.71 Å². The number of non-ortho nitro benzene ring substituents is 1. The fourth-order valence-corrected chi connectivity index (χ4v) is 2.42. The van der Waals surface area contributed by atoms with Crippen molar-refractivity contribution in [1.29, 1.82) is 0 Å². The van der Waals surface area contributed by atoms with Crippen LogP contribution in [0.3, 0.4) is 0 Å². The second-order valence-corrected chi connectivity index (χ2v) is 5.82. The predicted octanol–water partition coefficient (Wildman–Crippen LogP) is 3.15. The van der Waals surface area contributed by atoms with Crippen molar-refractivity contribution < 1.29 is 10.1 Å². The Morgan fingerprint density at radius 1 is 1.14 bits per heavy atom. The molecule has 0 aliphatic carbocycles. The van der Waals surface area contributed by atoms with Crippen LogP contribution in [0.15, 0.2) is 64.9 Å². The molecule has 0 atom stereocenters. The molecule has 142 valence electrons. The number of hydrogen-bond acceptors (Lipinski definition) is 8. The molecule has 0 unspecified atom stereocenters. The first kappa shape index (κ1) is 18.7. The van der Waals surface area contributed by atoms with E-state index in [9.17, 15) is 15.3 Å². The molecule has 3 aromatic rings. The number of para-hydroxylation sites is 1. The number of hydrogen-bond donors (Lipinski definition) is 2. The monoisotopic (exact) mass is 379 g/mol. The van der Waals surface area contributed by atoms with Gasteiger partial charge in [0, 0.05) is 12.1 Å². The minimum atomic E-state index is -0.479. The molecule has 0 saturated heterocycles. The molecule has 3 rings (SSSR count). The summed E-state index contributed by atoms with van der Waals surface area (Å²) in [7, 11) is 0. The van der Waals surface area contributed by atoms with Gasteiger partial charge in [0.1, 0.15) is 5.69 Å². The van der Waals surface area contributed by atoms with Gasteiger partial charge in [0.25, 0.3) is 5.69 Å². The standard InChI is InChI=1S/C18H17N7O3/c1-12(19-20-14-8-10-16(11-9-14)25(27)28)18(23-26)17-13(2)21-24(22-17)15-6-4-3-5-7-15/h3-11,20,26H,1-2H3/b19-12+,23-18+. The average molecular weight is 379 g/mol. The summed E-state index contributed by atoms with van der Waals surface area (Å²) in [5.41, 5.74) is 5.56. The van der Waals surface area contributed by atoms with Crippen LogP contribution in [0, 0.1) is 17.0 Å².